The molecule has 0 aliphatic carbocycles. The normalized spacial score (nSPS) is 20.7. The van der Waals surface area contributed by atoms with Crippen LogP contribution >= 0.6 is 11.3 Å². The summed E-state index contributed by atoms with van der Waals surface area (Å²) in [5.74, 6) is 0. The maximum Gasteiger partial charge on any atom is 0.265 e. The number of sulfonamides is 1. The topological polar surface area (TPSA) is 62.2 Å². The minimum atomic E-state index is -3.60. The first-order valence-electron chi connectivity index (χ1n) is 8.67. The Bertz CT molecular complexity index is 931. The van der Waals surface area contributed by atoms with E-state index in [-0.39, 0.29) is 4.90 Å². The van der Waals surface area contributed by atoms with Gasteiger partial charge in [-0.15, -0.1) is 11.3 Å². The molecule has 0 spiro atoms. The summed E-state index contributed by atoms with van der Waals surface area (Å²) in [5.41, 5.74) is 1.96. The molecule has 138 valence electrons. The van der Waals surface area contributed by atoms with Crippen LogP contribution in [0.3, 0.4) is 0 Å². The highest BCUT2D eigenvalue weighted by Crippen LogP contribution is 2.36. The van der Waals surface area contributed by atoms with Crippen LogP contribution in [0.1, 0.15) is 23.3 Å². The molecule has 2 aliphatic heterocycles. The summed E-state index contributed by atoms with van der Waals surface area (Å²) in [6, 6.07) is 9.03. The molecule has 6 nitrogen and oxygen atoms in total. The lowest BCUT2D eigenvalue weighted by atomic mass is 10.1. The maximum absolute atomic E-state index is 12.9. The molecule has 0 amide bonds. The van der Waals surface area contributed by atoms with Gasteiger partial charge in [-0.25, -0.2) is 8.42 Å². The van der Waals surface area contributed by atoms with Gasteiger partial charge in [0.2, 0.25) is 0 Å². The first-order chi connectivity index (χ1) is 12.6. The zero-order valence-corrected chi connectivity index (χ0v) is 16.2. The first-order valence-corrected chi connectivity index (χ1v) is 11.0. The molecule has 0 bridgehead atoms. The minimum absolute atomic E-state index is 0.281. The van der Waals surface area contributed by atoms with Gasteiger partial charge in [0.25, 0.3) is 10.0 Å². The van der Waals surface area contributed by atoms with Gasteiger partial charge >= 0.3 is 0 Å². The second-order valence-electron chi connectivity index (χ2n) is 6.43. The van der Waals surface area contributed by atoms with E-state index in [0.29, 0.717) is 22.9 Å². The molecule has 1 fully saturated rings. The van der Waals surface area contributed by atoms with Crippen molar-refractivity contribution < 1.29 is 13.3 Å². The third-order valence-corrected chi connectivity index (χ3v) is 7.70. The van der Waals surface area contributed by atoms with Crippen molar-refractivity contribution in [1.29, 1.82) is 0 Å². The number of para-hydroxylation sites is 1. The first kappa shape index (κ1) is 17.5. The SMILES string of the molecule is CN1c2ccccc2/C(=N/OCCN2CCCC2)c2sccc2S1(=O)=O. The molecule has 0 unspecified atom stereocenters. The molecule has 0 saturated carbocycles. The lowest BCUT2D eigenvalue weighted by Crippen LogP contribution is -2.26. The smallest absolute Gasteiger partial charge is 0.265 e. The van der Waals surface area contributed by atoms with E-state index in [1.54, 1.807) is 24.6 Å². The standard InChI is InChI=1S/C18H21N3O3S2/c1-20-15-7-3-2-6-14(15)17(18-16(8-13-25-18)26(20,22)23)19-24-12-11-21-9-4-5-10-21/h2-3,6-8,13H,4-5,9-12H2,1H3/b19-17-. The van der Waals surface area contributed by atoms with Gasteiger partial charge < -0.3 is 4.84 Å². The second-order valence-corrected chi connectivity index (χ2v) is 9.28. The average molecular weight is 392 g/mol. The van der Waals surface area contributed by atoms with E-state index in [1.807, 2.05) is 18.2 Å². The molecular formula is C18H21N3O3S2. The number of nitrogens with zero attached hydrogens (tertiary/aromatic N) is 3. The summed E-state index contributed by atoms with van der Waals surface area (Å²) < 4.78 is 27.2. The van der Waals surface area contributed by atoms with Crippen molar-refractivity contribution in [2.75, 3.05) is 37.6 Å². The molecule has 0 atom stereocenters. The minimum Gasteiger partial charge on any atom is -0.394 e. The van der Waals surface area contributed by atoms with E-state index in [2.05, 4.69) is 10.1 Å². The number of likely N-dealkylation sites (tertiary alicyclic amines) is 1. The third kappa shape index (κ3) is 3.02. The Hall–Kier alpha value is -1.90. The molecule has 4 rings (SSSR count). The number of rotatable bonds is 4. The quantitative estimate of drug-likeness (QED) is 0.594. The predicted octanol–water partition coefficient (Wildman–Crippen LogP) is 2.75. The fraction of sp³-hybridized carbons (Fsp3) is 0.389. The summed E-state index contributed by atoms with van der Waals surface area (Å²) in [6.45, 7) is 3.56. The Balaban J connectivity index is 1.69. The van der Waals surface area contributed by atoms with Gasteiger partial charge in [0, 0.05) is 19.2 Å². The van der Waals surface area contributed by atoms with Crippen LogP contribution in [0.4, 0.5) is 5.69 Å². The molecule has 2 aromatic rings. The zero-order chi connectivity index (χ0) is 18.1. The third-order valence-electron chi connectivity index (χ3n) is 4.83. The van der Waals surface area contributed by atoms with Gasteiger partial charge in [-0.3, -0.25) is 9.21 Å². The van der Waals surface area contributed by atoms with Crippen LogP contribution in [0, 0.1) is 0 Å². The second kappa shape index (κ2) is 7.02. The van der Waals surface area contributed by atoms with Crippen LogP contribution in [0.5, 0.6) is 0 Å². The van der Waals surface area contributed by atoms with Gasteiger partial charge in [-0.05, 0) is 43.4 Å². The van der Waals surface area contributed by atoms with E-state index >= 15 is 0 Å². The van der Waals surface area contributed by atoms with Gasteiger partial charge in [0.1, 0.15) is 17.2 Å². The van der Waals surface area contributed by atoms with Gasteiger partial charge in [0.15, 0.2) is 0 Å². The van der Waals surface area contributed by atoms with Crippen molar-refractivity contribution >= 4 is 32.8 Å². The fourth-order valence-electron chi connectivity index (χ4n) is 3.40. The molecule has 8 heteroatoms. The summed E-state index contributed by atoms with van der Waals surface area (Å²) in [4.78, 5) is 8.88. The van der Waals surface area contributed by atoms with Gasteiger partial charge in [0.05, 0.1) is 10.6 Å². The molecule has 1 saturated heterocycles. The lowest BCUT2D eigenvalue weighted by Gasteiger charge is -2.18. The number of benzene rings is 1. The van der Waals surface area contributed by atoms with Crippen LogP contribution in [0.15, 0.2) is 45.8 Å². The van der Waals surface area contributed by atoms with E-state index in [0.717, 1.165) is 25.2 Å². The van der Waals surface area contributed by atoms with E-state index < -0.39 is 10.0 Å². The average Bonchev–Trinajstić information content (AvgIpc) is 3.32. The van der Waals surface area contributed by atoms with Crippen LogP contribution in [0.2, 0.25) is 0 Å². The van der Waals surface area contributed by atoms with Crippen molar-refractivity contribution in [2.24, 2.45) is 5.16 Å². The van der Waals surface area contributed by atoms with Crippen molar-refractivity contribution in [2.45, 2.75) is 17.7 Å². The summed E-state index contributed by atoms with van der Waals surface area (Å²) in [6.07, 6.45) is 2.48. The highest BCUT2D eigenvalue weighted by molar-refractivity contribution is 7.93. The number of hydrogen-bond donors (Lipinski definition) is 0. The molecule has 26 heavy (non-hydrogen) atoms. The van der Waals surface area contributed by atoms with E-state index in [4.69, 9.17) is 4.84 Å². The number of fused-ring (bicyclic) bond motifs is 2. The molecule has 0 N–H and O–H groups in total. The van der Waals surface area contributed by atoms with Gasteiger partial charge in [-0.2, -0.15) is 0 Å². The van der Waals surface area contributed by atoms with Crippen LogP contribution in [-0.4, -0.2) is 52.3 Å². The van der Waals surface area contributed by atoms with Gasteiger partial charge in [-0.1, -0.05) is 23.4 Å². The molecule has 3 heterocycles. The summed E-state index contributed by atoms with van der Waals surface area (Å²) in [7, 11) is -2.03. The number of oxime groups is 1. The van der Waals surface area contributed by atoms with Crippen LogP contribution < -0.4 is 4.31 Å². The zero-order valence-electron chi connectivity index (χ0n) is 14.6. The molecule has 1 aromatic heterocycles. The number of hydrogen-bond acceptors (Lipinski definition) is 6. The highest BCUT2D eigenvalue weighted by atomic mass is 32.2. The largest absolute Gasteiger partial charge is 0.394 e. The Morgan fingerprint density at radius 1 is 1.19 bits per heavy atom. The fourth-order valence-corrected chi connectivity index (χ4v) is 6.01. The van der Waals surface area contributed by atoms with E-state index in [1.165, 1.54) is 28.5 Å². The lowest BCUT2D eigenvalue weighted by molar-refractivity contribution is 0.119. The molecule has 0 radical (unpaired) electrons. The summed E-state index contributed by atoms with van der Waals surface area (Å²) >= 11 is 1.37. The Kier molecular flexibility index (Phi) is 4.73. The monoisotopic (exact) mass is 391 g/mol. The Morgan fingerprint density at radius 3 is 2.77 bits per heavy atom. The van der Waals surface area contributed by atoms with Crippen molar-refractivity contribution in [3.63, 3.8) is 0 Å². The highest BCUT2D eigenvalue weighted by Gasteiger charge is 2.34. The maximum atomic E-state index is 12.9. The molecular weight excluding hydrogens is 370 g/mol. The molecule has 1 aromatic carbocycles. The Labute approximate surface area is 157 Å². The number of thiophene rings is 1. The van der Waals surface area contributed by atoms with Crippen LogP contribution in [-0.2, 0) is 14.9 Å². The van der Waals surface area contributed by atoms with Crippen molar-refractivity contribution in [1.82, 2.24) is 4.90 Å². The Morgan fingerprint density at radius 2 is 1.96 bits per heavy atom. The summed E-state index contributed by atoms with van der Waals surface area (Å²) in [5, 5.41) is 6.15. The predicted molar refractivity (Wildman–Crippen MR) is 104 cm³/mol. The van der Waals surface area contributed by atoms with E-state index in [9.17, 15) is 8.42 Å². The van der Waals surface area contributed by atoms with Crippen molar-refractivity contribution in [3.8, 4) is 0 Å². The van der Waals surface area contributed by atoms with Crippen molar-refractivity contribution in [3.05, 3.63) is 46.2 Å². The molecule has 2 aliphatic rings. The van der Waals surface area contributed by atoms with Crippen LogP contribution in [0.25, 0.3) is 0 Å². The number of anilines is 1.